The molecule has 1 aromatic rings. The molecule has 1 aromatic carbocycles. The SMILES string of the molecule is CCCCN(C)C(=O)C1(C(=O)Nc2cc(OC)ccc2OC)CC1. The van der Waals surface area contributed by atoms with Crippen molar-refractivity contribution in [3.63, 3.8) is 0 Å². The van der Waals surface area contributed by atoms with Crippen LogP contribution in [-0.4, -0.2) is 44.5 Å². The van der Waals surface area contributed by atoms with Gasteiger partial charge in [0.25, 0.3) is 0 Å². The fourth-order valence-electron chi connectivity index (χ4n) is 2.68. The lowest BCUT2D eigenvalue weighted by atomic mass is 10.0. The molecule has 1 N–H and O–H groups in total. The summed E-state index contributed by atoms with van der Waals surface area (Å²) in [6.45, 7) is 2.75. The first-order valence-corrected chi connectivity index (χ1v) is 8.27. The molecule has 1 fully saturated rings. The number of benzene rings is 1. The van der Waals surface area contributed by atoms with Crippen LogP contribution in [0.1, 0.15) is 32.6 Å². The van der Waals surface area contributed by atoms with Crippen LogP contribution < -0.4 is 14.8 Å². The first kappa shape index (κ1) is 18.1. The van der Waals surface area contributed by atoms with E-state index in [2.05, 4.69) is 12.2 Å². The predicted molar refractivity (Wildman–Crippen MR) is 92.4 cm³/mol. The van der Waals surface area contributed by atoms with Crippen molar-refractivity contribution in [3.8, 4) is 11.5 Å². The minimum atomic E-state index is -0.934. The van der Waals surface area contributed by atoms with E-state index in [4.69, 9.17) is 9.47 Å². The Balaban J connectivity index is 2.13. The Morgan fingerprint density at radius 1 is 1.25 bits per heavy atom. The topological polar surface area (TPSA) is 67.9 Å². The number of methoxy groups -OCH3 is 2. The average molecular weight is 334 g/mol. The molecule has 0 radical (unpaired) electrons. The highest BCUT2D eigenvalue weighted by atomic mass is 16.5. The van der Waals surface area contributed by atoms with Crippen LogP contribution >= 0.6 is 0 Å². The van der Waals surface area contributed by atoms with Gasteiger partial charge in [0.15, 0.2) is 0 Å². The quantitative estimate of drug-likeness (QED) is 0.742. The Kier molecular flexibility index (Phi) is 5.70. The molecule has 1 saturated carbocycles. The molecule has 0 unspecified atom stereocenters. The van der Waals surface area contributed by atoms with Crippen LogP contribution in [0.15, 0.2) is 18.2 Å². The van der Waals surface area contributed by atoms with Crippen molar-refractivity contribution in [3.05, 3.63) is 18.2 Å². The highest BCUT2D eigenvalue weighted by molar-refractivity contribution is 6.13. The van der Waals surface area contributed by atoms with Gasteiger partial charge in [-0.15, -0.1) is 0 Å². The average Bonchev–Trinajstić information content (AvgIpc) is 3.40. The molecule has 6 nitrogen and oxygen atoms in total. The summed E-state index contributed by atoms with van der Waals surface area (Å²) in [7, 11) is 4.85. The number of amides is 2. The van der Waals surface area contributed by atoms with Crippen molar-refractivity contribution in [2.24, 2.45) is 5.41 Å². The normalized spacial score (nSPS) is 14.7. The first-order chi connectivity index (χ1) is 11.5. The van der Waals surface area contributed by atoms with E-state index in [9.17, 15) is 9.59 Å². The third kappa shape index (κ3) is 3.63. The smallest absolute Gasteiger partial charge is 0.240 e. The van der Waals surface area contributed by atoms with E-state index >= 15 is 0 Å². The first-order valence-electron chi connectivity index (χ1n) is 8.27. The molecule has 24 heavy (non-hydrogen) atoms. The lowest BCUT2D eigenvalue weighted by molar-refractivity contribution is -0.141. The summed E-state index contributed by atoms with van der Waals surface area (Å²) in [4.78, 5) is 27.0. The van der Waals surface area contributed by atoms with Crippen LogP contribution in [0.4, 0.5) is 5.69 Å². The molecule has 0 spiro atoms. The van der Waals surface area contributed by atoms with Crippen LogP contribution in [0, 0.1) is 5.41 Å². The molecule has 0 aliphatic heterocycles. The minimum Gasteiger partial charge on any atom is -0.497 e. The number of carbonyl (C=O) groups is 2. The second-order valence-electron chi connectivity index (χ2n) is 6.18. The molecule has 0 bridgehead atoms. The van der Waals surface area contributed by atoms with Gasteiger partial charge in [-0.05, 0) is 31.4 Å². The van der Waals surface area contributed by atoms with Gasteiger partial charge in [-0.25, -0.2) is 0 Å². The van der Waals surface area contributed by atoms with E-state index in [1.165, 1.54) is 7.11 Å². The maximum atomic E-state index is 12.7. The van der Waals surface area contributed by atoms with Gasteiger partial charge in [-0.2, -0.15) is 0 Å². The van der Waals surface area contributed by atoms with E-state index in [1.54, 1.807) is 37.3 Å². The number of hydrogen-bond acceptors (Lipinski definition) is 4. The molecular formula is C18H26N2O4. The van der Waals surface area contributed by atoms with E-state index < -0.39 is 5.41 Å². The zero-order chi connectivity index (χ0) is 17.7. The summed E-state index contributed by atoms with van der Waals surface area (Å²) in [5.41, 5.74) is -0.423. The largest absolute Gasteiger partial charge is 0.497 e. The van der Waals surface area contributed by atoms with Crippen LogP contribution in [0.5, 0.6) is 11.5 Å². The van der Waals surface area contributed by atoms with Gasteiger partial charge < -0.3 is 19.7 Å². The lowest BCUT2D eigenvalue weighted by Gasteiger charge is -2.23. The Labute approximate surface area is 143 Å². The minimum absolute atomic E-state index is 0.102. The van der Waals surface area contributed by atoms with Gasteiger partial charge >= 0.3 is 0 Å². The van der Waals surface area contributed by atoms with Gasteiger partial charge in [0, 0.05) is 19.7 Å². The van der Waals surface area contributed by atoms with Crippen LogP contribution in [0.3, 0.4) is 0 Å². The predicted octanol–water partition coefficient (Wildman–Crippen LogP) is 2.68. The van der Waals surface area contributed by atoms with Gasteiger partial charge in [-0.1, -0.05) is 13.3 Å². The molecule has 2 rings (SSSR count). The fourth-order valence-corrected chi connectivity index (χ4v) is 2.68. The number of ether oxygens (including phenoxy) is 2. The Morgan fingerprint density at radius 3 is 2.50 bits per heavy atom. The monoisotopic (exact) mass is 334 g/mol. The molecule has 0 saturated heterocycles. The van der Waals surface area contributed by atoms with E-state index in [1.807, 2.05) is 0 Å². The zero-order valence-electron chi connectivity index (χ0n) is 14.8. The van der Waals surface area contributed by atoms with E-state index in [0.29, 0.717) is 36.6 Å². The van der Waals surface area contributed by atoms with Crippen molar-refractivity contribution in [2.75, 3.05) is 33.1 Å². The number of nitrogens with one attached hydrogen (secondary N) is 1. The maximum absolute atomic E-state index is 12.7. The summed E-state index contributed by atoms with van der Waals surface area (Å²) >= 11 is 0. The van der Waals surface area contributed by atoms with Gasteiger partial charge in [-0.3, -0.25) is 9.59 Å². The molecule has 0 atom stereocenters. The Hall–Kier alpha value is -2.24. The van der Waals surface area contributed by atoms with Crippen molar-refractivity contribution in [2.45, 2.75) is 32.6 Å². The number of carbonyl (C=O) groups excluding carboxylic acids is 2. The molecule has 2 amide bonds. The molecule has 1 aliphatic rings. The third-order valence-electron chi connectivity index (χ3n) is 4.44. The molecule has 0 aromatic heterocycles. The van der Waals surface area contributed by atoms with Crippen molar-refractivity contribution in [1.82, 2.24) is 4.90 Å². The summed E-state index contributed by atoms with van der Waals surface area (Å²) < 4.78 is 10.5. The van der Waals surface area contributed by atoms with Gasteiger partial charge in [0.05, 0.1) is 19.9 Å². The van der Waals surface area contributed by atoms with Crippen molar-refractivity contribution < 1.29 is 19.1 Å². The maximum Gasteiger partial charge on any atom is 0.240 e. The standard InChI is InChI=1S/C18H26N2O4/c1-5-6-11-20(2)17(22)18(9-10-18)16(21)19-14-12-13(23-3)7-8-15(14)24-4/h7-8,12H,5-6,9-11H2,1-4H3,(H,19,21). The molecular weight excluding hydrogens is 308 g/mol. The summed E-state index contributed by atoms with van der Waals surface area (Å²) in [5.74, 6) is 0.770. The number of nitrogens with zero attached hydrogens (tertiary/aromatic N) is 1. The van der Waals surface area contributed by atoms with E-state index in [-0.39, 0.29) is 11.8 Å². The van der Waals surface area contributed by atoms with Crippen LogP contribution in [0.25, 0.3) is 0 Å². The molecule has 1 aliphatic carbocycles. The van der Waals surface area contributed by atoms with Crippen LogP contribution in [0.2, 0.25) is 0 Å². The summed E-state index contributed by atoms with van der Waals surface area (Å²) in [6, 6.07) is 5.17. The van der Waals surface area contributed by atoms with Crippen molar-refractivity contribution >= 4 is 17.5 Å². The highest BCUT2D eigenvalue weighted by Crippen LogP contribution is 2.48. The molecule has 6 heteroatoms. The lowest BCUT2D eigenvalue weighted by Crippen LogP contribution is -2.41. The number of unbranched alkanes of at least 4 members (excludes halogenated alkanes) is 1. The third-order valence-corrected chi connectivity index (χ3v) is 4.44. The van der Waals surface area contributed by atoms with Gasteiger partial charge in [0.1, 0.15) is 16.9 Å². The zero-order valence-corrected chi connectivity index (χ0v) is 14.8. The highest BCUT2D eigenvalue weighted by Gasteiger charge is 2.57. The number of hydrogen-bond donors (Lipinski definition) is 1. The molecule has 0 heterocycles. The summed E-state index contributed by atoms with van der Waals surface area (Å²) in [5, 5.41) is 2.84. The van der Waals surface area contributed by atoms with Crippen molar-refractivity contribution in [1.29, 1.82) is 0 Å². The summed E-state index contributed by atoms with van der Waals surface area (Å²) in [6.07, 6.45) is 3.11. The number of anilines is 1. The van der Waals surface area contributed by atoms with Gasteiger partial charge in [0.2, 0.25) is 11.8 Å². The second-order valence-corrected chi connectivity index (χ2v) is 6.18. The van der Waals surface area contributed by atoms with E-state index in [0.717, 1.165) is 12.8 Å². The second kappa shape index (κ2) is 7.55. The Morgan fingerprint density at radius 2 is 1.96 bits per heavy atom. The fraction of sp³-hybridized carbons (Fsp3) is 0.556. The van der Waals surface area contributed by atoms with Crippen LogP contribution in [-0.2, 0) is 9.59 Å². The Bertz CT molecular complexity index is 611. The number of rotatable bonds is 8. The molecule has 132 valence electrons.